The van der Waals surface area contributed by atoms with Crippen LogP contribution in [-0.2, 0) is 24.1 Å². The number of anilines is 1. The minimum atomic E-state index is 0.233. The third-order valence-electron chi connectivity index (χ3n) is 5.96. The van der Waals surface area contributed by atoms with Crippen LogP contribution >= 0.6 is 0 Å². The van der Waals surface area contributed by atoms with E-state index in [9.17, 15) is 4.79 Å². The molecule has 0 spiro atoms. The zero-order valence-corrected chi connectivity index (χ0v) is 20.7. The van der Waals surface area contributed by atoms with E-state index in [0.29, 0.717) is 36.8 Å². The average molecular weight is 482 g/mol. The van der Waals surface area contributed by atoms with Crippen molar-refractivity contribution in [3.05, 3.63) is 102 Å². The molecule has 0 fully saturated rings. The Bertz CT molecular complexity index is 1290. The molecule has 6 heteroatoms. The summed E-state index contributed by atoms with van der Waals surface area (Å²) in [6.45, 7) is 0.675. The van der Waals surface area contributed by atoms with E-state index in [1.165, 1.54) is 5.56 Å². The van der Waals surface area contributed by atoms with Gasteiger partial charge in [-0.1, -0.05) is 54.6 Å². The van der Waals surface area contributed by atoms with E-state index in [2.05, 4.69) is 27.4 Å². The van der Waals surface area contributed by atoms with E-state index in [-0.39, 0.29) is 5.78 Å². The van der Waals surface area contributed by atoms with Crippen molar-refractivity contribution in [2.45, 2.75) is 25.7 Å². The van der Waals surface area contributed by atoms with Crippen molar-refractivity contribution < 1.29 is 14.3 Å². The molecule has 0 saturated heterocycles. The number of aromatic nitrogens is 2. The Morgan fingerprint density at radius 3 is 2.42 bits per heavy atom. The number of rotatable bonds is 12. The number of carbonyl (C=O) groups is 1. The van der Waals surface area contributed by atoms with Gasteiger partial charge in [-0.2, -0.15) is 0 Å². The molecular weight excluding hydrogens is 450 g/mol. The van der Waals surface area contributed by atoms with Crippen molar-refractivity contribution in [1.29, 1.82) is 0 Å². The molecule has 0 radical (unpaired) electrons. The number of ether oxygens (including phenoxy) is 2. The van der Waals surface area contributed by atoms with Gasteiger partial charge in [-0.05, 0) is 53.8 Å². The summed E-state index contributed by atoms with van der Waals surface area (Å²) in [5.41, 5.74) is 5.09. The average Bonchev–Trinajstić information content (AvgIpc) is 2.92. The molecule has 0 atom stereocenters. The third-order valence-corrected chi connectivity index (χ3v) is 5.96. The van der Waals surface area contributed by atoms with Crippen LogP contribution in [0.5, 0.6) is 11.5 Å². The lowest BCUT2D eigenvalue weighted by atomic mass is 10.0. The fraction of sp³-hybridized carbons (Fsp3) is 0.233. The molecule has 0 aliphatic heterocycles. The quantitative estimate of drug-likeness (QED) is 0.286. The van der Waals surface area contributed by atoms with Gasteiger partial charge in [-0.15, -0.1) is 0 Å². The summed E-state index contributed by atoms with van der Waals surface area (Å²) in [6.07, 6.45) is 4.26. The summed E-state index contributed by atoms with van der Waals surface area (Å²) in [5, 5.41) is 3.30. The second-order valence-corrected chi connectivity index (χ2v) is 8.53. The second kappa shape index (κ2) is 12.5. The molecular formula is C30H31N3O3. The number of carbonyl (C=O) groups excluding carboxylic acids is 1. The van der Waals surface area contributed by atoms with Crippen LogP contribution in [0.25, 0.3) is 11.3 Å². The second-order valence-electron chi connectivity index (χ2n) is 8.53. The summed E-state index contributed by atoms with van der Waals surface area (Å²) >= 11 is 0. The molecule has 0 amide bonds. The van der Waals surface area contributed by atoms with E-state index < -0.39 is 0 Å². The first kappa shape index (κ1) is 24.9. The molecule has 6 nitrogen and oxygen atoms in total. The van der Waals surface area contributed by atoms with Gasteiger partial charge >= 0.3 is 0 Å². The number of aryl methyl sites for hydroxylation is 1. The minimum Gasteiger partial charge on any atom is -0.493 e. The number of ketones is 1. The van der Waals surface area contributed by atoms with Crippen LogP contribution in [0.15, 0.2) is 85.1 Å². The van der Waals surface area contributed by atoms with Gasteiger partial charge in [0.2, 0.25) is 5.95 Å². The van der Waals surface area contributed by atoms with E-state index in [0.717, 1.165) is 35.2 Å². The fourth-order valence-electron chi connectivity index (χ4n) is 4.04. The highest BCUT2D eigenvalue weighted by Crippen LogP contribution is 2.27. The fourth-order valence-corrected chi connectivity index (χ4v) is 4.04. The first-order valence-corrected chi connectivity index (χ1v) is 12.1. The van der Waals surface area contributed by atoms with Crippen molar-refractivity contribution in [2.24, 2.45) is 0 Å². The van der Waals surface area contributed by atoms with Gasteiger partial charge in [0, 0.05) is 31.1 Å². The van der Waals surface area contributed by atoms with Crippen LogP contribution in [0.1, 0.15) is 23.1 Å². The number of hydrogen-bond acceptors (Lipinski definition) is 6. The normalized spacial score (nSPS) is 10.6. The summed E-state index contributed by atoms with van der Waals surface area (Å²) in [7, 11) is 3.26. The van der Waals surface area contributed by atoms with E-state index in [4.69, 9.17) is 9.47 Å². The zero-order chi connectivity index (χ0) is 25.2. The highest BCUT2D eigenvalue weighted by atomic mass is 16.5. The maximum absolute atomic E-state index is 12.5. The molecule has 1 N–H and O–H groups in total. The molecule has 1 heterocycles. The molecule has 0 bridgehead atoms. The molecule has 3 aromatic carbocycles. The predicted octanol–water partition coefficient (Wildman–Crippen LogP) is 5.56. The van der Waals surface area contributed by atoms with E-state index in [1.807, 2.05) is 66.7 Å². The smallest absolute Gasteiger partial charge is 0.223 e. The van der Waals surface area contributed by atoms with Crippen molar-refractivity contribution in [1.82, 2.24) is 9.97 Å². The van der Waals surface area contributed by atoms with Crippen LogP contribution < -0.4 is 14.8 Å². The lowest BCUT2D eigenvalue weighted by Gasteiger charge is -2.10. The molecule has 4 rings (SSSR count). The highest BCUT2D eigenvalue weighted by Gasteiger charge is 2.08. The van der Waals surface area contributed by atoms with Gasteiger partial charge in [0.05, 0.1) is 19.9 Å². The lowest BCUT2D eigenvalue weighted by Crippen LogP contribution is -2.08. The first-order valence-electron chi connectivity index (χ1n) is 12.1. The molecule has 0 saturated carbocycles. The van der Waals surface area contributed by atoms with Crippen LogP contribution in [0, 0.1) is 0 Å². The maximum Gasteiger partial charge on any atom is 0.223 e. The molecule has 0 unspecified atom stereocenters. The molecule has 184 valence electrons. The van der Waals surface area contributed by atoms with Crippen LogP contribution in [-0.4, -0.2) is 36.5 Å². The van der Waals surface area contributed by atoms with Crippen LogP contribution in [0.2, 0.25) is 0 Å². The Kier molecular flexibility index (Phi) is 8.65. The summed E-state index contributed by atoms with van der Waals surface area (Å²) in [5.74, 6) is 2.23. The number of hydrogen-bond donors (Lipinski definition) is 1. The molecule has 1 aromatic heterocycles. The SMILES string of the molecule is COc1ccc(CCNc2nccc(-c3cccc(CC(=O)CCc4ccccc4)c3)n2)cc1OC. The van der Waals surface area contributed by atoms with Gasteiger partial charge in [-0.3, -0.25) is 4.79 Å². The van der Waals surface area contributed by atoms with Gasteiger partial charge in [0.25, 0.3) is 0 Å². The highest BCUT2D eigenvalue weighted by molar-refractivity contribution is 5.81. The summed E-state index contributed by atoms with van der Waals surface area (Å²) in [4.78, 5) is 21.6. The number of nitrogens with zero attached hydrogens (tertiary/aromatic N) is 2. The van der Waals surface area contributed by atoms with Gasteiger partial charge in [-0.25, -0.2) is 9.97 Å². The molecule has 36 heavy (non-hydrogen) atoms. The largest absolute Gasteiger partial charge is 0.493 e. The molecule has 0 aliphatic carbocycles. The van der Waals surface area contributed by atoms with E-state index >= 15 is 0 Å². The van der Waals surface area contributed by atoms with Crippen LogP contribution in [0.3, 0.4) is 0 Å². The van der Waals surface area contributed by atoms with Crippen LogP contribution in [0.4, 0.5) is 5.95 Å². The standard InChI is InChI=1S/C30H31N3O3/c1-35-28-14-12-23(21-29(28)36-2)15-17-31-30-32-18-16-27(33-30)25-10-6-9-24(19-25)20-26(34)13-11-22-7-4-3-5-8-22/h3-10,12,14,16,18-19,21H,11,13,15,17,20H2,1-2H3,(H,31,32,33). The number of methoxy groups -OCH3 is 2. The van der Waals surface area contributed by atoms with Gasteiger partial charge in [0.1, 0.15) is 5.78 Å². The van der Waals surface area contributed by atoms with Crippen molar-refractivity contribution >= 4 is 11.7 Å². The minimum absolute atomic E-state index is 0.233. The number of benzene rings is 3. The first-order chi connectivity index (χ1) is 17.6. The number of Topliss-reactive ketones (excluding diaryl/α,β-unsaturated/α-hetero) is 1. The molecule has 4 aromatic rings. The summed E-state index contributed by atoms with van der Waals surface area (Å²) < 4.78 is 10.7. The summed E-state index contributed by atoms with van der Waals surface area (Å²) in [6, 6.07) is 25.9. The molecule has 0 aliphatic rings. The third kappa shape index (κ3) is 6.92. The monoisotopic (exact) mass is 481 g/mol. The van der Waals surface area contributed by atoms with Gasteiger partial charge < -0.3 is 14.8 Å². The van der Waals surface area contributed by atoms with Crippen molar-refractivity contribution in [2.75, 3.05) is 26.1 Å². The Hall–Kier alpha value is -4.19. The predicted molar refractivity (Wildman–Crippen MR) is 143 cm³/mol. The Morgan fingerprint density at radius 2 is 1.61 bits per heavy atom. The maximum atomic E-state index is 12.5. The van der Waals surface area contributed by atoms with Crippen molar-refractivity contribution in [3.63, 3.8) is 0 Å². The topological polar surface area (TPSA) is 73.3 Å². The Labute approximate surface area is 212 Å². The lowest BCUT2D eigenvalue weighted by molar-refractivity contribution is -0.118. The van der Waals surface area contributed by atoms with Crippen molar-refractivity contribution in [3.8, 4) is 22.8 Å². The Balaban J connectivity index is 1.34. The van der Waals surface area contributed by atoms with E-state index in [1.54, 1.807) is 20.4 Å². The number of nitrogens with one attached hydrogen (secondary N) is 1. The Morgan fingerprint density at radius 1 is 0.806 bits per heavy atom. The zero-order valence-electron chi connectivity index (χ0n) is 20.7. The van der Waals surface area contributed by atoms with Gasteiger partial charge in [0.15, 0.2) is 11.5 Å².